The summed E-state index contributed by atoms with van der Waals surface area (Å²) in [5.74, 6) is -2.14. The maximum absolute atomic E-state index is 13.4. The number of benzene rings is 2. The lowest BCUT2D eigenvalue weighted by Gasteiger charge is -2.24. The minimum absolute atomic E-state index is 0.0619. The Labute approximate surface area is 278 Å². The quantitative estimate of drug-likeness (QED) is 0.136. The van der Waals surface area contributed by atoms with Crippen LogP contribution in [0.2, 0.25) is 5.02 Å². The van der Waals surface area contributed by atoms with Crippen LogP contribution < -0.4 is 21.3 Å². The van der Waals surface area contributed by atoms with Crippen molar-refractivity contribution in [2.75, 3.05) is 0 Å². The fourth-order valence-corrected chi connectivity index (χ4v) is 4.65. The molecule has 0 fully saturated rings. The topological polar surface area (TPSA) is 186 Å². The molecule has 0 bridgehead atoms. The van der Waals surface area contributed by atoms with E-state index < -0.39 is 47.4 Å². The molecule has 1 heterocycles. The van der Waals surface area contributed by atoms with Crippen LogP contribution in [0, 0.1) is 18.3 Å². The number of nitrogens with zero attached hydrogens (tertiary/aromatic N) is 2. The van der Waals surface area contributed by atoms with Gasteiger partial charge >= 0.3 is 0 Å². The van der Waals surface area contributed by atoms with E-state index in [0.717, 1.165) is 5.56 Å². The lowest BCUT2D eigenvalue weighted by molar-refractivity contribution is -0.131. The predicted octanol–water partition coefficient (Wildman–Crippen LogP) is 3.37. The Morgan fingerprint density at radius 2 is 1.79 bits per heavy atom. The highest BCUT2D eigenvalue weighted by Crippen LogP contribution is 2.16. The number of carbonyl (C=O) groups excluding carboxylic acids is 4. The second kappa shape index (κ2) is 16.5. The summed E-state index contributed by atoms with van der Waals surface area (Å²) in [4.78, 5) is 52.0. The molecule has 4 amide bonds. The van der Waals surface area contributed by atoms with E-state index in [1.54, 1.807) is 49.4 Å². The van der Waals surface area contributed by atoms with Crippen LogP contribution in [0.4, 0.5) is 0 Å². The van der Waals surface area contributed by atoms with Crippen molar-refractivity contribution in [1.82, 2.24) is 26.4 Å². The van der Waals surface area contributed by atoms with E-state index in [1.165, 1.54) is 19.1 Å². The number of amides is 4. The third kappa shape index (κ3) is 11.4. The molecule has 0 spiro atoms. The highest BCUT2D eigenvalue weighted by molar-refractivity contribution is 6.31. The molecule has 0 saturated heterocycles. The van der Waals surface area contributed by atoms with E-state index in [2.05, 4.69) is 26.4 Å². The van der Waals surface area contributed by atoms with Crippen LogP contribution >= 0.6 is 11.6 Å². The van der Waals surface area contributed by atoms with E-state index in [-0.39, 0.29) is 24.2 Å². The second-order valence-electron chi connectivity index (χ2n) is 12.0. The SMILES string of the molecule is Cc1cc(C(=O)N[C@H](C(=O)N[C@@H](CCc2cccc(C=C(C#N)C(=O)NC(C)(C)C)c2)C(=O)NCc2ccccc2Cl)[C@@H](C)O)no1. The molecule has 0 saturated carbocycles. The Hall–Kier alpha value is -4.99. The molecule has 13 heteroatoms. The Balaban J connectivity index is 1.80. The summed E-state index contributed by atoms with van der Waals surface area (Å²) < 4.78 is 4.92. The maximum Gasteiger partial charge on any atom is 0.274 e. The highest BCUT2D eigenvalue weighted by atomic mass is 35.5. The van der Waals surface area contributed by atoms with Gasteiger partial charge in [-0.15, -0.1) is 0 Å². The predicted molar refractivity (Wildman–Crippen MR) is 176 cm³/mol. The van der Waals surface area contributed by atoms with Gasteiger partial charge < -0.3 is 30.9 Å². The molecule has 47 heavy (non-hydrogen) atoms. The zero-order valence-corrected chi connectivity index (χ0v) is 27.6. The Bertz CT molecular complexity index is 1670. The third-order valence-electron chi connectivity index (χ3n) is 6.79. The number of hydrogen-bond donors (Lipinski definition) is 5. The van der Waals surface area contributed by atoms with Gasteiger partial charge in [-0.1, -0.05) is 59.2 Å². The molecule has 3 aromatic rings. The van der Waals surface area contributed by atoms with Gasteiger partial charge in [0, 0.05) is 23.2 Å². The summed E-state index contributed by atoms with van der Waals surface area (Å²) in [5.41, 5.74) is 1.39. The fourth-order valence-electron chi connectivity index (χ4n) is 4.44. The van der Waals surface area contributed by atoms with Crippen molar-refractivity contribution >= 4 is 41.3 Å². The van der Waals surface area contributed by atoms with Gasteiger partial charge in [-0.05, 0) is 76.3 Å². The van der Waals surface area contributed by atoms with Gasteiger partial charge in [0.25, 0.3) is 11.8 Å². The highest BCUT2D eigenvalue weighted by Gasteiger charge is 2.31. The Kier molecular flexibility index (Phi) is 12.8. The molecular weight excluding hydrogens is 624 g/mol. The van der Waals surface area contributed by atoms with Gasteiger partial charge in [-0.3, -0.25) is 19.2 Å². The van der Waals surface area contributed by atoms with Gasteiger partial charge in [0.05, 0.1) is 6.10 Å². The number of hydrogen-bond acceptors (Lipinski definition) is 8. The van der Waals surface area contributed by atoms with Gasteiger partial charge in [0.2, 0.25) is 11.8 Å². The molecule has 0 aliphatic heterocycles. The van der Waals surface area contributed by atoms with Crippen LogP contribution in [-0.4, -0.2) is 57.6 Å². The zero-order chi connectivity index (χ0) is 34.7. The van der Waals surface area contributed by atoms with Crippen molar-refractivity contribution in [2.24, 2.45) is 0 Å². The first-order valence-electron chi connectivity index (χ1n) is 14.9. The van der Waals surface area contributed by atoms with Crippen LogP contribution in [0.5, 0.6) is 0 Å². The molecule has 248 valence electrons. The molecule has 2 aromatic carbocycles. The van der Waals surface area contributed by atoms with Crippen molar-refractivity contribution in [3.63, 3.8) is 0 Å². The lowest BCUT2D eigenvalue weighted by atomic mass is 10.0. The molecule has 5 N–H and O–H groups in total. The number of aliphatic hydroxyl groups excluding tert-OH is 1. The molecule has 0 aliphatic carbocycles. The van der Waals surface area contributed by atoms with Gasteiger partial charge in [-0.2, -0.15) is 5.26 Å². The van der Waals surface area contributed by atoms with Crippen molar-refractivity contribution < 1.29 is 28.8 Å². The van der Waals surface area contributed by atoms with E-state index in [4.69, 9.17) is 16.1 Å². The number of rotatable bonds is 13. The molecular formula is C34H39ClN6O6. The molecule has 3 rings (SSSR count). The summed E-state index contributed by atoms with van der Waals surface area (Å²) >= 11 is 6.25. The summed E-state index contributed by atoms with van der Waals surface area (Å²) in [7, 11) is 0. The van der Waals surface area contributed by atoms with Crippen molar-refractivity contribution in [3.05, 3.63) is 93.3 Å². The first-order chi connectivity index (χ1) is 22.2. The van der Waals surface area contributed by atoms with Crippen LogP contribution in [0.15, 0.2) is 64.7 Å². The summed E-state index contributed by atoms with van der Waals surface area (Å²) in [5, 5.41) is 34.7. The van der Waals surface area contributed by atoms with E-state index >= 15 is 0 Å². The number of aryl methyl sites for hydroxylation is 2. The van der Waals surface area contributed by atoms with Gasteiger partial charge in [0.1, 0.15) is 29.5 Å². The average molecular weight is 663 g/mol. The fraction of sp³-hybridized carbons (Fsp3) is 0.353. The Morgan fingerprint density at radius 3 is 2.40 bits per heavy atom. The number of nitriles is 1. The van der Waals surface area contributed by atoms with Crippen LogP contribution in [-0.2, 0) is 27.3 Å². The number of aromatic nitrogens is 1. The molecule has 0 unspecified atom stereocenters. The van der Waals surface area contributed by atoms with Crippen molar-refractivity contribution in [2.45, 2.75) is 77.7 Å². The number of aliphatic hydroxyl groups is 1. The average Bonchev–Trinajstić information content (AvgIpc) is 3.45. The molecule has 0 aliphatic rings. The first-order valence-corrected chi connectivity index (χ1v) is 15.3. The van der Waals surface area contributed by atoms with E-state index in [9.17, 15) is 29.5 Å². The lowest BCUT2D eigenvalue weighted by Crippen LogP contribution is -2.57. The second-order valence-corrected chi connectivity index (χ2v) is 12.4. The molecule has 1 aromatic heterocycles. The monoisotopic (exact) mass is 662 g/mol. The zero-order valence-electron chi connectivity index (χ0n) is 26.9. The smallest absolute Gasteiger partial charge is 0.274 e. The minimum Gasteiger partial charge on any atom is -0.391 e. The normalized spacial score (nSPS) is 13.4. The maximum atomic E-state index is 13.4. The van der Waals surface area contributed by atoms with Crippen molar-refractivity contribution in [3.8, 4) is 6.07 Å². The number of halogens is 1. The molecule has 3 atom stereocenters. The number of nitrogens with one attached hydrogen (secondary N) is 4. The largest absolute Gasteiger partial charge is 0.391 e. The first kappa shape index (κ1) is 36.5. The third-order valence-corrected chi connectivity index (χ3v) is 7.16. The van der Waals surface area contributed by atoms with Crippen molar-refractivity contribution in [1.29, 1.82) is 5.26 Å². The van der Waals surface area contributed by atoms with Gasteiger partial charge in [-0.25, -0.2) is 0 Å². The van der Waals surface area contributed by atoms with E-state index in [1.807, 2.05) is 32.9 Å². The summed E-state index contributed by atoms with van der Waals surface area (Å²) in [6, 6.07) is 14.9. The van der Waals surface area contributed by atoms with Crippen LogP contribution in [0.25, 0.3) is 6.08 Å². The Morgan fingerprint density at radius 1 is 1.06 bits per heavy atom. The van der Waals surface area contributed by atoms with E-state index in [0.29, 0.717) is 28.3 Å². The van der Waals surface area contributed by atoms with Gasteiger partial charge in [0.15, 0.2) is 5.69 Å². The minimum atomic E-state index is -1.41. The number of carbonyl (C=O) groups is 4. The van der Waals surface area contributed by atoms with Crippen LogP contribution in [0.1, 0.15) is 67.1 Å². The standard InChI is InChI=1S/C34H39ClN6O6/c1-20-15-28(41-47-20)32(45)39-29(21(2)42)33(46)38-27(31(44)37-19-24-11-6-7-12-26(24)35)14-13-22-9-8-10-23(16-22)17-25(18-36)30(43)40-34(3,4)5/h6-12,15-17,21,27,29,42H,13-14,19H2,1-5H3,(H,37,44)(H,38,46)(H,39,45)(H,40,43)/t21-,27+,29+/m1/s1. The summed E-state index contributed by atoms with van der Waals surface area (Å²) in [6.07, 6.45) is 0.608. The molecule has 0 radical (unpaired) electrons. The van der Waals surface area contributed by atoms with Crippen LogP contribution in [0.3, 0.4) is 0 Å². The summed E-state index contributed by atoms with van der Waals surface area (Å²) in [6.45, 7) is 8.48. The molecule has 12 nitrogen and oxygen atoms in total.